The van der Waals surface area contributed by atoms with Crippen molar-refractivity contribution in [1.29, 1.82) is 0 Å². The molecule has 1 aromatic heterocycles. The smallest absolute Gasteiger partial charge is 0.222 e. The van der Waals surface area contributed by atoms with Gasteiger partial charge < -0.3 is 4.90 Å². The summed E-state index contributed by atoms with van der Waals surface area (Å²) in [6, 6.07) is 9.71. The molecule has 0 aliphatic carbocycles. The van der Waals surface area contributed by atoms with E-state index in [2.05, 4.69) is 4.98 Å². The fraction of sp³-hybridized carbons (Fsp3) is 0.250. The Morgan fingerprint density at radius 1 is 1.25 bits per heavy atom. The van der Waals surface area contributed by atoms with E-state index in [0.29, 0.717) is 6.42 Å². The summed E-state index contributed by atoms with van der Waals surface area (Å²) in [5.74, 6) is -0.258. The molecule has 0 saturated carbocycles. The summed E-state index contributed by atoms with van der Waals surface area (Å²) in [5.41, 5.74) is 1.77. The van der Waals surface area contributed by atoms with Crippen LogP contribution in [0.1, 0.15) is 30.5 Å². The SMILES string of the molecule is CCC(=O)N(C)C(c1ccc(F)cc1)c1cccnc1. The van der Waals surface area contributed by atoms with Crippen molar-refractivity contribution in [3.05, 3.63) is 65.7 Å². The topological polar surface area (TPSA) is 33.2 Å². The zero-order valence-corrected chi connectivity index (χ0v) is 11.6. The van der Waals surface area contributed by atoms with Gasteiger partial charge in [-0.3, -0.25) is 9.78 Å². The summed E-state index contributed by atoms with van der Waals surface area (Å²) in [6.07, 6.45) is 3.84. The summed E-state index contributed by atoms with van der Waals surface area (Å²) in [6.45, 7) is 1.82. The molecule has 0 spiro atoms. The van der Waals surface area contributed by atoms with Crippen LogP contribution in [0.15, 0.2) is 48.8 Å². The van der Waals surface area contributed by atoms with E-state index in [-0.39, 0.29) is 17.8 Å². The predicted molar refractivity (Wildman–Crippen MR) is 75.5 cm³/mol. The second kappa shape index (κ2) is 6.28. The lowest BCUT2D eigenvalue weighted by Gasteiger charge is -2.28. The normalized spacial score (nSPS) is 11.9. The highest BCUT2D eigenvalue weighted by atomic mass is 19.1. The largest absolute Gasteiger partial charge is 0.335 e. The molecule has 4 heteroatoms. The van der Waals surface area contributed by atoms with Gasteiger partial charge >= 0.3 is 0 Å². The minimum atomic E-state index is -0.289. The molecule has 2 aromatic rings. The summed E-state index contributed by atoms with van der Waals surface area (Å²) in [5, 5.41) is 0. The van der Waals surface area contributed by atoms with Crippen LogP contribution in [0.3, 0.4) is 0 Å². The molecular formula is C16H17FN2O. The van der Waals surface area contributed by atoms with E-state index >= 15 is 0 Å². The highest BCUT2D eigenvalue weighted by Crippen LogP contribution is 2.27. The Bertz CT molecular complexity index is 569. The second-order valence-electron chi connectivity index (χ2n) is 4.60. The maximum absolute atomic E-state index is 13.1. The lowest BCUT2D eigenvalue weighted by Crippen LogP contribution is -2.31. The molecular weight excluding hydrogens is 255 g/mol. The molecule has 0 saturated heterocycles. The van der Waals surface area contributed by atoms with Crippen LogP contribution < -0.4 is 0 Å². The Balaban J connectivity index is 2.44. The van der Waals surface area contributed by atoms with Crippen molar-refractivity contribution >= 4 is 5.91 Å². The molecule has 0 bridgehead atoms. The van der Waals surface area contributed by atoms with E-state index in [1.54, 1.807) is 36.5 Å². The predicted octanol–water partition coefficient (Wildman–Crippen LogP) is 3.18. The van der Waals surface area contributed by atoms with Crippen LogP contribution in [-0.2, 0) is 4.79 Å². The maximum atomic E-state index is 13.1. The van der Waals surface area contributed by atoms with Crippen LogP contribution >= 0.6 is 0 Å². The lowest BCUT2D eigenvalue weighted by molar-refractivity contribution is -0.131. The molecule has 0 radical (unpaired) electrons. The summed E-state index contributed by atoms with van der Waals surface area (Å²) < 4.78 is 13.1. The molecule has 1 amide bonds. The van der Waals surface area contributed by atoms with Gasteiger partial charge in [0, 0.05) is 25.9 Å². The minimum absolute atomic E-state index is 0.0307. The van der Waals surface area contributed by atoms with Gasteiger partial charge in [0.15, 0.2) is 0 Å². The quantitative estimate of drug-likeness (QED) is 0.856. The van der Waals surface area contributed by atoms with E-state index < -0.39 is 0 Å². The molecule has 0 aliphatic heterocycles. The Hall–Kier alpha value is -2.23. The molecule has 1 heterocycles. The number of benzene rings is 1. The molecule has 0 aliphatic rings. The van der Waals surface area contributed by atoms with E-state index in [1.165, 1.54) is 12.1 Å². The second-order valence-corrected chi connectivity index (χ2v) is 4.60. The van der Waals surface area contributed by atoms with Crippen molar-refractivity contribution in [3.8, 4) is 0 Å². The minimum Gasteiger partial charge on any atom is -0.335 e. The molecule has 20 heavy (non-hydrogen) atoms. The number of hydrogen-bond donors (Lipinski definition) is 0. The number of nitrogens with zero attached hydrogens (tertiary/aromatic N) is 2. The third-order valence-electron chi connectivity index (χ3n) is 3.27. The zero-order valence-electron chi connectivity index (χ0n) is 11.6. The summed E-state index contributed by atoms with van der Waals surface area (Å²) >= 11 is 0. The van der Waals surface area contributed by atoms with Crippen LogP contribution in [0, 0.1) is 5.82 Å². The Morgan fingerprint density at radius 3 is 2.50 bits per heavy atom. The van der Waals surface area contributed by atoms with E-state index in [4.69, 9.17) is 0 Å². The number of carbonyl (C=O) groups is 1. The van der Waals surface area contributed by atoms with Crippen LogP contribution in [0.5, 0.6) is 0 Å². The maximum Gasteiger partial charge on any atom is 0.222 e. The van der Waals surface area contributed by atoms with E-state index in [0.717, 1.165) is 11.1 Å². The van der Waals surface area contributed by atoms with Crippen molar-refractivity contribution in [2.24, 2.45) is 0 Å². The first kappa shape index (κ1) is 14.2. The first-order chi connectivity index (χ1) is 9.63. The summed E-state index contributed by atoms with van der Waals surface area (Å²) in [4.78, 5) is 17.8. The van der Waals surface area contributed by atoms with Crippen LogP contribution in [0.25, 0.3) is 0 Å². The third-order valence-corrected chi connectivity index (χ3v) is 3.27. The van der Waals surface area contributed by atoms with E-state index in [1.807, 2.05) is 19.1 Å². The van der Waals surface area contributed by atoms with Crippen molar-refractivity contribution in [3.63, 3.8) is 0 Å². The monoisotopic (exact) mass is 272 g/mol. The van der Waals surface area contributed by atoms with Gasteiger partial charge in [0.1, 0.15) is 5.82 Å². The molecule has 1 aromatic carbocycles. The van der Waals surface area contributed by atoms with Gasteiger partial charge in [0.2, 0.25) is 5.91 Å². The van der Waals surface area contributed by atoms with Gasteiger partial charge in [-0.05, 0) is 29.3 Å². The Kier molecular flexibility index (Phi) is 4.45. The number of hydrogen-bond acceptors (Lipinski definition) is 2. The van der Waals surface area contributed by atoms with Crippen molar-refractivity contribution in [2.75, 3.05) is 7.05 Å². The van der Waals surface area contributed by atoms with E-state index in [9.17, 15) is 9.18 Å². The number of amides is 1. The van der Waals surface area contributed by atoms with Gasteiger partial charge in [-0.25, -0.2) is 4.39 Å². The fourth-order valence-electron chi connectivity index (χ4n) is 2.22. The van der Waals surface area contributed by atoms with Gasteiger partial charge in [0.25, 0.3) is 0 Å². The number of carbonyl (C=O) groups excluding carboxylic acids is 1. The molecule has 0 fully saturated rings. The van der Waals surface area contributed by atoms with Gasteiger partial charge in [-0.15, -0.1) is 0 Å². The summed E-state index contributed by atoms with van der Waals surface area (Å²) in [7, 11) is 1.76. The third kappa shape index (κ3) is 3.02. The van der Waals surface area contributed by atoms with Crippen molar-refractivity contribution in [1.82, 2.24) is 9.88 Å². The molecule has 1 unspecified atom stereocenters. The number of rotatable bonds is 4. The van der Waals surface area contributed by atoms with Gasteiger partial charge in [-0.2, -0.15) is 0 Å². The highest BCUT2D eigenvalue weighted by Gasteiger charge is 2.22. The first-order valence-electron chi connectivity index (χ1n) is 6.54. The van der Waals surface area contributed by atoms with Crippen molar-refractivity contribution in [2.45, 2.75) is 19.4 Å². The average Bonchev–Trinajstić information content (AvgIpc) is 2.49. The Labute approximate surface area is 118 Å². The standard InChI is InChI=1S/C16H17FN2O/c1-3-15(20)19(2)16(13-5-4-10-18-11-13)12-6-8-14(17)9-7-12/h4-11,16H,3H2,1-2H3. The molecule has 0 N–H and O–H groups in total. The van der Waals surface area contributed by atoms with Crippen LogP contribution in [0.4, 0.5) is 4.39 Å². The molecule has 2 rings (SSSR count). The Morgan fingerprint density at radius 2 is 1.95 bits per heavy atom. The molecule has 1 atom stereocenters. The van der Waals surface area contributed by atoms with Gasteiger partial charge in [0.05, 0.1) is 6.04 Å². The number of pyridine rings is 1. The fourth-order valence-corrected chi connectivity index (χ4v) is 2.22. The highest BCUT2D eigenvalue weighted by molar-refractivity contribution is 5.76. The molecule has 104 valence electrons. The molecule has 3 nitrogen and oxygen atoms in total. The lowest BCUT2D eigenvalue weighted by atomic mass is 9.98. The average molecular weight is 272 g/mol. The van der Waals surface area contributed by atoms with Crippen LogP contribution in [-0.4, -0.2) is 22.8 Å². The van der Waals surface area contributed by atoms with Crippen molar-refractivity contribution < 1.29 is 9.18 Å². The zero-order chi connectivity index (χ0) is 14.5. The number of aromatic nitrogens is 1. The number of halogens is 1. The van der Waals surface area contributed by atoms with Crippen LogP contribution in [0.2, 0.25) is 0 Å². The van der Waals surface area contributed by atoms with Gasteiger partial charge in [-0.1, -0.05) is 25.1 Å². The first-order valence-corrected chi connectivity index (χ1v) is 6.54.